The number of carbonyl (C=O) groups excluding carboxylic acids is 1. The van der Waals surface area contributed by atoms with Gasteiger partial charge in [0.05, 0.1) is 13.2 Å². The summed E-state index contributed by atoms with van der Waals surface area (Å²) in [7, 11) is 1.91. The number of hydrogen-bond acceptors (Lipinski definition) is 3. The van der Waals surface area contributed by atoms with Crippen LogP contribution in [0, 0.1) is 6.92 Å². The topological polar surface area (TPSA) is 57.2 Å². The van der Waals surface area contributed by atoms with Crippen LogP contribution in [0.15, 0.2) is 29.3 Å². The summed E-state index contributed by atoms with van der Waals surface area (Å²) in [5, 5.41) is 3.26. The molecule has 0 radical (unpaired) electrons. The number of nitrogens with one attached hydrogen (secondary N) is 1. The van der Waals surface area contributed by atoms with E-state index in [0.29, 0.717) is 19.7 Å². The number of benzene rings is 1. The zero-order valence-corrected chi connectivity index (χ0v) is 17.6. The van der Waals surface area contributed by atoms with E-state index in [0.717, 1.165) is 44.2 Å². The lowest BCUT2D eigenvalue weighted by Gasteiger charge is -2.25. The first kappa shape index (κ1) is 22.8. The lowest BCUT2D eigenvalue weighted by atomic mass is 10.2. The van der Waals surface area contributed by atoms with E-state index in [1.54, 1.807) is 0 Å². The summed E-state index contributed by atoms with van der Waals surface area (Å²) in [4.78, 5) is 20.7. The fraction of sp³-hybridized carbons (Fsp3) is 0.619. The maximum atomic E-state index is 12.3. The molecule has 0 aliphatic heterocycles. The third kappa shape index (κ3) is 8.80. The summed E-state index contributed by atoms with van der Waals surface area (Å²) >= 11 is 0. The molecule has 0 bridgehead atoms. The molecular weight excluding hydrogens is 340 g/mol. The molecule has 6 nitrogen and oxygen atoms in total. The zero-order chi connectivity index (χ0) is 20.1. The third-order valence-electron chi connectivity index (χ3n) is 4.29. The van der Waals surface area contributed by atoms with Crippen molar-refractivity contribution < 1.29 is 9.53 Å². The summed E-state index contributed by atoms with van der Waals surface area (Å²) in [6.45, 7) is 12.1. The first-order valence-electron chi connectivity index (χ1n) is 9.98. The number of nitrogens with zero attached hydrogens (tertiary/aromatic N) is 3. The van der Waals surface area contributed by atoms with Crippen LogP contribution in [0.1, 0.15) is 39.2 Å². The van der Waals surface area contributed by atoms with Crippen molar-refractivity contribution in [3.05, 3.63) is 29.8 Å². The van der Waals surface area contributed by atoms with Crippen molar-refractivity contribution in [3.63, 3.8) is 0 Å². The van der Waals surface area contributed by atoms with Gasteiger partial charge in [-0.25, -0.2) is 0 Å². The molecule has 1 aromatic rings. The average molecular weight is 377 g/mol. The summed E-state index contributed by atoms with van der Waals surface area (Å²) in [6, 6.07) is 8.10. The SMILES string of the molecule is CCNC(=NCCCCOc1ccc(C)cc1)N(C)CC(=O)N(CC)CC. The van der Waals surface area contributed by atoms with Gasteiger partial charge < -0.3 is 19.9 Å². The van der Waals surface area contributed by atoms with Crippen LogP contribution in [0.4, 0.5) is 0 Å². The number of hydrogen-bond donors (Lipinski definition) is 1. The van der Waals surface area contributed by atoms with E-state index in [-0.39, 0.29) is 5.91 Å². The van der Waals surface area contributed by atoms with E-state index >= 15 is 0 Å². The number of amides is 1. The molecule has 0 heterocycles. The number of ether oxygens (including phenoxy) is 1. The number of rotatable bonds is 11. The molecule has 0 aromatic heterocycles. The molecule has 0 atom stereocenters. The number of aryl methyl sites for hydroxylation is 1. The predicted octanol–water partition coefficient (Wildman–Crippen LogP) is 2.92. The van der Waals surface area contributed by atoms with E-state index < -0.39 is 0 Å². The molecule has 0 fully saturated rings. The molecule has 0 saturated carbocycles. The van der Waals surface area contributed by atoms with Crippen LogP contribution in [0.25, 0.3) is 0 Å². The normalized spacial score (nSPS) is 11.2. The van der Waals surface area contributed by atoms with Crippen LogP contribution in [0.5, 0.6) is 5.75 Å². The van der Waals surface area contributed by atoms with Crippen molar-refractivity contribution in [1.82, 2.24) is 15.1 Å². The van der Waals surface area contributed by atoms with Crippen molar-refractivity contribution in [1.29, 1.82) is 0 Å². The van der Waals surface area contributed by atoms with Crippen molar-refractivity contribution in [2.45, 2.75) is 40.5 Å². The van der Waals surface area contributed by atoms with E-state index in [2.05, 4.69) is 29.4 Å². The summed E-state index contributed by atoms with van der Waals surface area (Å²) in [5.41, 5.74) is 1.23. The monoisotopic (exact) mass is 376 g/mol. The number of unbranched alkanes of at least 4 members (excludes halogenated alkanes) is 1. The summed E-state index contributed by atoms with van der Waals surface area (Å²) in [5.74, 6) is 1.81. The van der Waals surface area contributed by atoms with E-state index in [9.17, 15) is 4.79 Å². The lowest BCUT2D eigenvalue weighted by molar-refractivity contribution is -0.131. The minimum absolute atomic E-state index is 0.125. The van der Waals surface area contributed by atoms with Crippen LogP contribution in [0.3, 0.4) is 0 Å². The Morgan fingerprint density at radius 3 is 2.37 bits per heavy atom. The highest BCUT2D eigenvalue weighted by Crippen LogP contribution is 2.11. The van der Waals surface area contributed by atoms with E-state index in [1.807, 2.05) is 49.8 Å². The van der Waals surface area contributed by atoms with E-state index in [1.165, 1.54) is 5.56 Å². The quantitative estimate of drug-likeness (QED) is 0.366. The van der Waals surface area contributed by atoms with Crippen molar-refractivity contribution >= 4 is 11.9 Å². The first-order valence-corrected chi connectivity index (χ1v) is 9.98. The molecule has 1 N–H and O–H groups in total. The highest BCUT2D eigenvalue weighted by atomic mass is 16.5. The van der Waals surface area contributed by atoms with Gasteiger partial charge in [0.1, 0.15) is 5.75 Å². The Morgan fingerprint density at radius 2 is 1.78 bits per heavy atom. The minimum atomic E-state index is 0.125. The molecule has 0 spiro atoms. The van der Waals surface area contributed by atoms with Gasteiger partial charge in [0.15, 0.2) is 5.96 Å². The third-order valence-corrected chi connectivity index (χ3v) is 4.29. The molecule has 1 amide bonds. The van der Waals surface area contributed by atoms with Crippen molar-refractivity contribution in [3.8, 4) is 5.75 Å². The first-order chi connectivity index (χ1) is 13.0. The molecule has 0 saturated heterocycles. The van der Waals surface area contributed by atoms with Crippen LogP contribution in [0.2, 0.25) is 0 Å². The standard InChI is InChI=1S/C21H36N4O2/c1-6-22-21(24(5)17-20(26)25(7-2)8-3)23-15-9-10-16-27-19-13-11-18(4)12-14-19/h11-14H,6-10,15-17H2,1-5H3,(H,22,23). The molecule has 27 heavy (non-hydrogen) atoms. The maximum Gasteiger partial charge on any atom is 0.242 e. The molecule has 1 rings (SSSR count). The van der Waals surface area contributed by atoms with Gasteiger partial charge in [0.2, 0.25) is 5.91 Å². The van der Waals surface area contributed by atoms with E-state index in [4.69, 9.17) is 4.74 Å². The zero-order valence-electron chi connectivity index (χ0n) is 17.6. The van der Waals surface area contributed by atoms with Gasteiger partial charge in [-0.05, 0) is 52.7 Å². The second-order valence-corrected chi connectivity index (χ2v) is 6.53. The fourth-order valence-corrected chi connectivity index (χ4v) is 2.65. The maximum absolute atomic E-state index is 12.3. The van der Waals surface area contributed by atoms with Gasteiger partial charge >= 0.3 is 0 Å². The van der Waals surface area contributed by atoms with Gasteiger partial charge in [-0.3, -0.25) is 9.79 Å². The number of likely N-dealkylation sites (N-methyl/N-ethyl adjacent to an activating group) is 2. The summed E-state index contributed by atoms with van der Waals surface area (Å²) in [6.07, 6.45) is 1.89. The second-order valence-electron chi connectivity index (χ2n) is 6.53. The molecular formula is C21H36N4O2. The van der Waals surface area contributed by atoms with Crippen LogP contribution in [-0.4, -0.2) is 68.0 Å². The molecule has 1 aromatic carbocycles. The highest BCUT2D eigenvalue weighted by molar-refractivity contribution is 5.86. The van der Waals surface area contributed by atoms with Crippen LogP contribution < -0.4 is 10.1 Å². The second kappa shape index (κ2) is 13.0. The Balaban J connectivity index is 2.39. The molecule has 0 aliphatic carbocycles. The number of aliphatic imine (C=N–C) groups is 1. The summed E-state index contributed by atoms with van der Waals surface area (Å²) < 4.78 is 5.74. The molecule has 6 heteroatoms. The number of carbonyl (C=O) groups is 1. The number of guanidine groups is 1. The smallest absolute Gasteiger partial charge is 0.242 e. The van der Waals surface area contributed by atoms with Crippen LogP contribution in [-0.2, 0) is 4.79 Å². The fourth-order valence-electron chi connectivity index (χ4n) is 2.65. The highest BCUT2D eigenvalue weighted by Gasteiger charge is 2.14. The van der Waals surface area contributed by atoms with Crippen molar-refractivity contribution in [2.75, 3.05) is 46.4 Å². The molecule has 0 aliphatic rings. The van der Waals surface area contributed by atoms with Crippen LogP contribution >= 0.6 is 0 Å². The average Bonchev–Trinajstić information content (AvgIpc) is 2.66. The largest absolute Gasteiger partial charge is 0.494 e. The van der Waals surface area contributed by atoms with Gasteiger partial charge in [-0.15, -0.1) is 0 Å². The Morgan fingerprint density at radius 1 is 1.11 bits per heavy atom. The van der Waals surface area contributed by atoms with Gasteiger partial charge in [-0.1, -0.05) is 17.7 Å². The Hall–Kier alpha value is -2.24. The van der Waals surface area contributed by atoms with Gasteiger partial charge in [0.25, 0.3) is 0 Å². The van der Waals surface area contributed by atoms with Gasteiger partial charge in [-0.2, -0.15) is 0 Å². The molecule has 0 unspecified atom stereocenters. The van der Waals surface area contributed by atoms with Crippen molar-refractivity contribution in [2.24, 2.45) is 4.99 Å². The Labute approximate surface area is 164 Å². The molecule has 152 valence electrons. The Bertz CT molecular complexity index is 568. The van der Waals surface area contributed by atoms with Gasteiger partial charge in [0, 0.05) is 33.2 Å². The minimum Gasteiger partial charge on any atom is -0.494 e. The lowest BCUT2D eigenvalue weighted by Crippen LogP contribution is -2.45. The Kier molecular flexibility index (Phi) is 11.0. The predicted molar refractivity (Wildman–Crippen MR) is 112 cm³/mol.